The van der Waals surface area contributed by atoms with Crippen molar-refractivity contribution in [1.82, 2.24) is 5.43 Å². The number of nitrogens with zero attached hydrogens (tertiary/aromatic N) is 1. The molecule has 0 atom stereocenters. The van der Waals surface area contributed by atoms with E-state index in [9.17, 15) is 9.59 Å². The lowest BCUT2D eigenvalue weighted by molar-refractivity contribution is -0.145. The highest BCUT2D eigenvalue weighted by Crippen LogP contribution is 2.34. The van der Waals surface area contributed by atoms with E-state index >= 15 is 0 Å². The molecule has 0 aromatic heterocycles. The summed E-state index contributed by atoms with van der Waals surface area (Å²) in [4.78, 5) is 23.7. The van der Waals surface area contributed by atoms with Crippen LogP contribution in [-0.4, -0.2) is 44.5 Å². The molecule has 9 heteroatoms. The second-order valence-electron chi connectivity index (χ2n) is 6.40. The Balaban J connectivity index is 1.99. The molecule has 0 saturated carbocycles. The molecule has 0 spiro atoms. The summed E-state index contributed by atoms with van der Waals surface area (Å²) >= 11 is 2.09. The number of hydrazone groups is 1. The molecule has 2 aromatic rings. The third-order valence-corrected chi connectivity index (χ3v) is 4.77. The van der Waals surface area contributed by atoms with Gasteiger partial charge in [-0.2, -0.15) is 5.10 Å². The Morgan fingerprint density at radius 3 is 2.38 bits per heavy atom. The fourth-order valence-corrected chi connectivity index (χ4v) is 3.45. The Morgan fingerprint density at radius 1 is 1.00 bits per heavy atom. The molecule has 0 aliphatic heterocycles. The normalized spacial score (nSPS) is 10.6. The fourth-order valence-electron chi connectivity index (χ4n) is 2.67. The Kier molecular flexibility index (Phi) is 10.8. The summed E-state index contributed by atoms with van der Waals surface area (Å²) in [5.74, 6) is 1.01. The van der Waals surface area contributed by atoms with Crippen molar-refractivity contribution in [1.29, 1.82) is 0 Å². The Labute approximate surface area is 201 Å². The average molecular weight is 554 g/mol. The van der Waals surface area contributed by atoms with Crippen LogP contribution >= 0.6 is 22.6 Å². The van der Waals surface area contributed by atoms with E-state index in [1.165, 1.54) is 6.21 Å². The van der Waals surface area contributed by atoms with Gasteiger partial charge in [-0.1, -0.05) is 12.1 Å². The van der Waals surface area contributed by atoms with Gasteiger partial charge in [0.05, 0.1) is 36.0 Å². The number of ether oxygens (including phenoxy) is 4. The molecule has 0 fully saturated rings. The van der Waals surface area contributed by atoms with Crippen LogP contribution in [0.3, 0.4) is 0 Å². The molecule has 1 N–H and O–H groups in total. The van der Waals surface area contributed by atoms with Gasteiger partial charge >= 0.3 is 5.97 Å². The quantitative estimate of drug-likeness (QED) is 0.186. The van der Waals surface area contributed by atoms with Gasteiger partial charge in [0.2, 0.25) is 5.91 Å². The molecule has 172 valence electrons. The largest absolute Gasteiger partial charge is 0.494 e. The molecule has 2 aromatic carbocycles. The van der Waals surface area contributed by atoms with Crippen LogP contribution in [0.1, 0.15) is 31.9 Å². The van der Waals surface area contributed by atoms with E-state index in [1.54, 1.807) is 13.0 Å². The smallest absolute Gasteiger partial charge is 0.344 e. The van der Waals surface area contributed by atoms with Crippen molar-refractivity contribution in [3.63, 3.8) is 0 Å². The van der Waals surface area contributed by atoms with Crippen molar-refractivity contribution in [3.8, 4) is 17.2 Å². The Bertz CT molecular complexity index is 931. The summed E-state index contributed by atoms with van der Waals surface area (Å²) in [5.41, 5.74) is 4.09. The summed E-state index contributed by atoms with van der Waals surface area (Å²) < 4.78 is 22.3. The zero-order valence-electron chi connectivity index (χ0n) is 18.4. The monoisotopic (exact) mass is 554 g/mol. The minimum absolute atomic E-state index is 0.201. The molecule has 0 saturated heterocycles. The van der Waals surface area contributed by atoms with Gasteiger partial charge in [-0.05, 0) is 78.8 Å². The van der Waals surface area contributed by atoms with Crippen LogP contribution in [0.5, 0.6) is 17.2 Å². The molecule has 1 amide bonds. The highest BCUT2D eigenvalue weighted by molar-refractivity contribution is 14.1. The van der Waals surface area contributed by atoms with Crippen molar-refractivity contribution < 1.29 is 28.5 Å². The third kappa shape index (κ3) is 8.37. The summed E-state index contributed by atoms with van der Waals surface area (Å²) in [6, 6.07) is 10.9. The number of halogens is 1. The molecule has 0 unspecified atom stereocenters. The van der Waals surface area contributed by atoms with Crippen LogP contribution in [0.4, 0.5) is 0 Å². The molecule has 0 aliphatic rings. The summed E-state index contributed by atoms with van der Waals surface area (Å²) in [7, 11) is 0. The predicted molar refractivity (Wildman–Crippen MR) is 130 cm³/mol. The van der Waals surface area contributed by atoms with Gasteiger partial charge in [-0.15, -0.1) is 0 Å². The maximum Gasteiger partial charge on any atom is 0.344 e. The van der Waals surface area contributed by atoms with Crippen LogP contribution in [0.15, 0.2) is 41.5 Å². The van der Waals surface area contributed by atoms with Gasteiger partial charge in [0.25, 0.3) is 0 Å². The van der Waals surface area contributed by atoms with Crippen LogP contribution in [0.2, 0.25) is 0 Å². The maximum atomic E-state index is 12.2. The standard InChI is InChI=1S/C23H27IN2O6/c1-4-29-18-9-7-16(8-10-18)13-21(27)26-25-14-17-11-19(24)23(20(12-17)30-5-2)32-15-22(28)31-6-3/h7-12,14H,4-6,13,15H2,1-3H3,(H,26,27)/b25-14-. The van der Waals surface area contributed by atoms with Gasteiger partial charge in [0.15, 0.2) is 18.1 Å². The van der Waals surface area contributed by atoms with E-state index < -0.39 is 5.97 Å². The minimum atomic E-state index is -0.452. The molecule has 0 radical (unpaired) electrons. The lowest BCUT2D eigenvalue weighted by atomic mass is 10.1. The molecule has 2 rings (SSSR count). The third-order valence-electron chi connectivity index (χ3n) is 3.97. The van der Waals surface area contributed by atoms with Crippen molar-refractivity contribution >= 4 is 40.7 Å². The van der Waals surface area contributed by atoms with Gasteiger partial charge in [-0.25, -0.2) is 10.2 Å². The van der Waals surface area contributed by atoms with Crippen LogP contribution in [0.25, 0.3) is 0 Å². The lowest BCUT2D eigenvalue weighted by Crippen LogP contribution is -2.19. The minimum Gasteiger partial charge on any atom is -0.494 e. The number of amides is 1. The van der Waals surface area contributed by atoms with Crippen molar-refractivity contribution in [2.24, 2.45) is 5.10 Å². The van der Waals surface area contributed by atoms with E-state index in [1.807, 2.05) is 44.2 Å². The van der Waals surface area contributed by atoms with E-state index in [-0.39, 0.29) is 25.5 Å². The predicted octanol–water partition coefficient (Wildman–Crippen LogP) is 3.72. The van der Waals surface area contributed by atoms with E-state index in [0.29, 0.717) is 30.3 Å². The van der Waals surface area contributed by atoms with Gasteiger partial charge in [-0.3, -0.25) is 4.79 Å². The molecule has 32 heavy (non-hydrogen) atoms. The van der Waals surface area contributed by atoms with Crippen molar-refractivity contribution in [3.05, 3.63) is 51.1 Å². The summed E-state index contributed by atoms with van der Waals surface area (Å²) in [6.07, 6.45) is 1.72. The number of nitrogens with one attached hydrogen (secondary N) is 1. The lowest BCUT2D eigenvalue weighted by Gasteiger charge is -2.14. The SMILES string of the molecule is CCOC(=O)COc1c(I)cc(/C=N\NC(=O)Cc2ccc(OCC)cc2)cc1OCC. The summed E-state index contributed by atoms with van der Waals surface area (Å²) in [6.45, 7) is 6.60. The first-order chi connectivity index (χ1) is 15.5. The van der Waals surface area contributed by atoms with Crippen molar-refractivity contribution in [2.45, 2.75) is 27.2 Å². The topological polar surface area (TPSA) is 95.5 Å². The molecule has 0 heterocycles. The average Bonchev–Trinajstić information content (AvgIpc) is 2.75. The first-order valence-electron chi connectivity index (χ1n) is 10.2. The van der Waals surface area contributed by atoms with E-state index in [0.717, 1.165) is 14.9 Å². The van der Waals surface area contributed by atoms with Crippen LogP contribution < -0.4 is 19.6 Å². The van der Waals surface area contributed by atoms with Crippen LogP contribution in [-0.2, 0) is 20.7 Å². The second kappa shape index (κ2) is 13.6. The highest BCUT2D eigenvalue weighted by atomic mass is 127. The number of hydrogen-bond acceptors (Lipinski definition) is 7. The number of esters is 1. The first-order valence-corrected chi connectivity index (χ1v) is 11.3. The fraction of sp³-hybridized carbons (Fsp3) is 0.348. The van der Waals surface area contributed by atoms with E-state index in [2.05, 4.69) is 33.1 Å². The van der Waals surface area contributed by atoms with Gasteiger partial charge < -0.3 is 18.9 Å². The maximum absolute atomic E-state index is 12.2. The summed E-state index contributed by atoms with van der Waals surface area (Å²) in [5, 5.41) is 4.03. The molecule has 0 aliphatic carbocycles. The molecular formula is C23H27IN2O6. The first kappa shape index (κ1) is 25.4. The second-order valence-corrected chi connectivity index (χ2v) is 7.57. The number of hydrogen-bond donors (Lipinski definition) is 1. The molecule has 8 nitrogen and oxygen atoms in total. The van der Waals surface area contributed by atoms with Crippen molar-refractivity contribution in [2.75, 3.05) is 26.4 Å². The van der Waals surface area contributed by atoms with E-state index in [4.69, 9.17) is 18.9 Å². The van der Waals surface area contributed by atoms with Gasteiger partial charge in [0, 0.05) is 0 Å². The number of rotatable bonds is 12. The van der Waals surface area contributed by atoms with Gasteiger partial charge in [0.1, 0.15) is 5.75 Å². The zero-order chi connectivity index (χ0) is 23.3. The number of benzene rings is 2. The molecule has 0 bridgehead atoms. The Hall–Kier alpha value is -2.82. The highest BCUT2D eigenvalue weighted by Gasteiger charge is 2.14. The zero-order valence-corrected chi connectivity index (χ0v) is 20.5. The molecular weight excluding hydrogens is 527 g/mol. The number of carbonyl (C=O) groups excluding carboxylic acids is 2. The number of carbonyl (C=O) groups is 2. The van der Waals surface area contributed by atoms with Crippen LogP contribution in [0, 0.1) is 3.57 Å². The Morgan fingerprint density at radius 2 is 1.72 bits per heavy atom.